The third-order valence-corrected chi connectivity index (χ3v) is 5.17. The van der Waals surface area contributed by atoms with Crippen LogP contribution in [0.1, 0.15) is 44.3 Å². The lowest BCUT2D eigenvalue weighted by atomic mass is 9.91. The molecule has 3 nitrogen and oxygen atoms in total. The smallest absolute Gasteiger partial charge is 0.107 e. The van der Waals surface area contributed by atoms with E-state index in [4.69, 9.17) is 0 Å². The van der Waals surface area contributed by atoms with Crippen LogP contribution in [0.5, 0.6) is 0 Å². The predicted octanol–water partition coefficient (Wildman–Crippen LogP) is 2.80. The molecule has 1 aromatic heterocycles. The molecule has 0 bridgehead atoms. The van der Waals surface area contributed by atoms with Gasteiger partial charge in [-0.25, -0.2) is 4.98 Å². The van der Waals surface area contributed by atoms with Crippen molar-refractivity contribution in [1.29, 1.82) is 0 Å². The SMILES string of the molecule is CCC1CN(Cc2nc(C)cs2)C(C)(CC)CN1. The molecule has 1 fully saturated rings. The molecule has 0 aliphatic carbocycles. The molecule has 0 saturated carbocycles. The van der Waals surface area contributed by atoms with E-state index in [1.54, 1.807) is 11.3 Å². The first kappa shape index (κ1) is 14.0. The number of thiazole rings is 1. The quantitative estimate of drug-likeness (QED) is 0.909. The lowest BCUT2D eigenvalue weighted by Gasteiger charge is -2.47. The van der Waals surface area contributed by atoms with Gasteiger partial charge in [0.1, 0.15) is 5.01 Å². The molecule has 1 aliphatic heterocycles. The Kier molecular flexibility index (Phi) is 4.41. The van der Waals surface area contributed by atoms with Crippen molar-refractivity contribution < 1.29 is 0 Å². The highest BCUT2D eigenvalue weighted by molar-refractivity contribution is 7.09. The molecule has 18 heavy (non-hydrogen) atoms. The molecule has 0 amide bonds. The van der Waals surface area contributed by atoms with Crippen molar-refractivity contribution in [3.63, 3.8) is 0 Å². The number of hydrogen-bond donors (Lipinski definition) is 1. The van der Waals surface area contributed by atoms with Gasteiger partial charge in [0.05, 0.1) is 6.54 Å². The van der Waals surface area contributed by atoms with E-state index in [0.717, 1.165) is 25.3 Å². The van der Waals surface area contributed by atoms with Crippen LogP contribution in [0.2, 0.25) is 0 Å². The largest absolute Gasteiger partial charge is 0.311 e. The molecule has 0 aromatic carbocycles. The molecular formula is C14H25N3S. The summed E-state index contributed by atoms with van der Waals surface area (Å²) in [6.45, 7) is 12.2. The number of nitrogens with zero attached hydrogens (tertiary/aromatic N) is 2. The molecule has 1 aromatic rings. The Morgan fingerprint density at radius 3 is 2.89 bits per heavy atom. The van der Waals surface area contributed by atoms with Crippen molar-refractivity contribution in [3.8, 4) is 0 Å². The summed E-state index contributed by atoms with van der Waals surface area (Å²) in [7, 11) is 0. The van der Waals surface area contributed by atoms with Crippen LogP contribution in [0, 0.1) is 6.92 Å². The number of rotatable bonds is 4. The fourth-order valence-corrected chi connectivity index (χ4v) is 3.33. The molecule has 0 spiro atoms. The molecule has 102 valence electrons. The van der Waals surface area contributed by atoms with E-state index in [0.29, 0.717) is 6.04 Å². The van der Waals surface area contributed by atoms with Gasteiger partial charge in [0.2, 0.25) is 0 Å². The molecular weight excluding hydrogens is 242 g/mol. The van der Waals surface area contributed by atoms with Gasteiger partial charge in [0, 0.05) is 35.7 Å². The fraction of sp³-hybridized carbons (Fsp3) is 0.786. The average molecular weight is 267 g/mol. The summed E-state index contributed by atoms with van der Waals surface area (Å²) in [5, 5.41) is 7.08. The highest BCUT2D eigenvalue weighted by Crippen LogP contribution is 2.26. The van der Waals surface area contributed by atoms with E-state index in [1.165, 1.54) is 17.8 Å². The maximum Gasteiger partial charge on any atom is 0.107 e. The Labute approximate surface area is 115 Å². The second kappa shape index (κ2) is 5.68. The van der Waals surface area contributed by atoms with Gasteiger partial charge in [-0.05, 0) is 26.7 Å². The van der Waals surface area contributed by atoms with Gasteiger partial charge < -0.3 is 5.32 Å². The monoisotopic (exact) mass is 267 g/mol. The second-order valence-corrected chi connectivity index (χ2v) is 6.54. The molecule has 1 aliphatic rings. The highest BCUT2D eigenvalue weighted by Gasteiger charge is 2.36. The van der Waals surface area contributed by atoms with Gasteiger partial charge in [0.25, 0.3) is 0 Å². The number of piperazine rings is 1. The molecule has 2 rings (SSSR count). The zero-order valence-electron chi connectivity index (χ0n) is 12.0. The zero-order valence-corrected chi connectivity index (χ0v) is 12.8. The van der Waals surface area contributed by atoms with Gasteiger partial charge in [-0.2, -0.15) is 0 Å². The zero-order chi connectivity index (χ0) is 13.2. The normalized spacial score (nSPS) is 29.7. The predicted molar refractivity (Wildman–Crippen MR) is 78.0 cm³/mol. The summed E-state index contributed by atoms with van der Waals surface area (Å²) in [6.07, 6.45) is 2.38. The van der Waals surface area contributed by atoms with Gasteiger partial charge in [-0.15, -0.1) is 11.3 Å². The van der Waals surface area contributed by atoms with Crippen molar-refractivity contribution in [3.05, 3.63) is 16.1 Å². The molecule has 1 N–H and O–H groups in total. The van der Waals surface area contributed by atoms with Crippen LogP contribution < -0.4 is 5.32 Å². The Balaban J connectivity index is 2.10. The Hall–Kier alpha value is -0.450. The first-order chi connectivity index (χ1) is 8.57. The van der Waals surface area contributed by atoms with E-state index in [-0.39, 0.29) is 5.54 Å². The van der Waals surface area contributed by atoms with Gasteiger partial charge in [-0.1, -0.05) is 13.8 Å². The van der Waals surface area contributed by atoms with E-state index >= 15 is 0 Å². The Morgan fingerprint density at radius 1 is 1.56 bits per heavy atom. The van der Waals surface area contributed by atoms with Crippen molar-refractivity contribution >= 4 is 11.3 Å². The van der Waals surface area contributed by atoms with Crippen molar-refractivity contribution in [2.45, 2.75) is 58.7 Å². The summed E-state index contributed by atoms with van der Waals surface area (Å²) >= 11 is 1.79. The summed E-state index contributed by atoms with van der Waals surface area (Å²) < 4.78 is 0. The minimum atomic E-state index is 0.269. The number of hydrogen-bond acceptors (Lipinski definition) is 4. The van der Waals surface area contributed by atoms with Crippen LogP contribution in [-0.4, -0.2) is 34.6 Å². The molecule has 1 saturated heterocycles. The van der Waals surface area contributed by atoms with Gasteiger partial charge in [0.15, 0.2) is 0 Å². The van der Waals surface area contributed by atoms with E-state index in [2.05, 4.69) is 48.3 Å². The number of nitrogens with one attached hydrogen (secondary N) is 1. The molecule has 2 heterocycles. The van der Waals surface area contributed by atoms with Gasteiger partial charge >= 0.3 is 0 Å². The molecule has 2 atom stereocenters. The van der Waals surface area contributed by atoms with Crippen molar-refractivity contribution in [1.82, 2.24) is 15.2 Å². The highest BCUT2D eigenvalue weighted by atomic mass is 32.1. The van der Waals surface area contributed by atoms with Crippen molar-refractivity contribution in [2.24, 2.45) is 0 Å². The first-order valence-electron chi connectivity index (χ1n) is 6.97. The van der Waals surface area contributed by atoms with Crippen molar-refractivity contribution in [2.75, 3.05) is 13.1 Å². The Morgan fingerprint density at radius 2 is 2.33 bits per heavy atom. The van der Waals surface area contributed by atoms with Crippen LogP contribution in [0.25, 0.3) is 0 Å². The summed E-state index contributed by atoms with van der Waals surface area (Å²) in [6, 6.07) is 0.630. The minimum absolute atomic E-state index is 0.269. The fourth-order valence-electron chi connectivity index (χ4n) is 2.54. The maximum absolute atomic E-state index is 4.61. The van der Waals surface area contributed by atoms with Crippen LogP contribution in [0.4, 0.5) is 0 Å². The number of aromatic nitrogens is 1. The van der Waals surface area contributed by atoms with Gasteiger partial charge in [-0.3, -0.25) is 4.90 Å². The van der Waals surface area contributed by atoms with Crippen LogP contribution in [0.3, 0.4) is 0 Å². The topological polar surface area (TPSA) is 28.2 Å². The second-order valence-electron chi connectivity index (χ2n) is 5.60. The molecule has 0 radical (unpaired) electrons. The van der Waals surface area contributed by atoms with Crippen LogP contribution >= 0.6 is 11.3 Å². The lowest BCUT2D eigenvalue weighted by molar-refractivity contribution is 0.0407. The maximum atomic E-state index is 4.61. The minimum Gasteiger partial charge on any atom is -0.311 e. The third kappa shape index (κ3) is 2.92. The van der Waals surface area contributed by atoms with Crippen LogP contribution in [0.15, 0.2) is 5.38 Å². The standard InChI is InChI=1S/C14H25N3S/c1-5-12-7-17(14(4,6-2)10-15-12)8-13-16-11(3)9-18-13/h9,12,15H,5-8,10H2,1-4H3. The summed E-state index contributed by atoms with van der Waals surface area (Å²) in [5.41, 5.74) is 1.42. The van der Waals surface area contributed by atoms with E-state index < -0.39 is 0 Å². The lowest BCUT2D eigenvalue weighted by Crippen LogP contribution is -2.62. The van der Waals surface area contributed by atoms with E-state index in [9.17, 15) is 0 Å². The van der Waals surface area contributed by atoms with E-state index in [1.807, 2.05) is 0 Å². The molecule has 4 heteroatoms. The third-order valence-electron chi connectivity index (χ3n) is 4.22. The molecule has 2 unspecified atom stereocenters. The first-order valence-corrected chi connectivity index (χ1v) is 7.85. The van der Waals surface area contributed by atoms with Crippen LogP contribution in [-0.2, 0) is 6.54 Å². The summed E-state index contributed by atoms with van der Waals surface area (Å²) in [4.78, 5) is 7.23. The Bertz CT molecular complexity index is 390. The average Bonchev–Trinajstić information content (AvgIpc) is 2.78. The summed E-state index contributed by atoms with van der Waals surface area (Å²) in [5.74, 6) is 0. The number of aryl methyl sites for hydroxylation is 1.